The van der Waals surface area contributed by atoms with Gasteiger partial charge in [0.1, 0.15) is 12.6 Å². The van der Waals surface area contributed by atoms with Crippen molar-refractivity contribution in [2.75, 3.05) is 13.1 Å². The second-order valence-corrected chi connectivity index (χ2v) is 6.93. The largest absolute Gasteiger partial charge is 0.472 e. The highest BCUT2D eigenvalue weighted by Crippen LogP contribution is 2.24. The quantitative estimate of drug-likeness (QED) is 0.651. The number of aromatic nitrogens is 2. The first kappa shape index (κ1) is 16.8. The number of pyridine rings is 1. The molecule has 7 nitrogen and oxygen atoms in total. The van der Waals surface area contributed by atoms with Crippen molar-refractivity contribution in [1.82, 2.24) is 14.5 Å². The standard InChI is InChI=1S/C18H16BrN3O4/c19-13-4-3-8-20-17(13)25-12-7-9-21(10-12)16(23)11-22-14-5-1-2-6-15(14)26-18(22)24/h1-6,8,12H,7,9-11H2. The van der Waals surface area contributed by atoms with E-state index in [0.29, 0.717) is 30.1 Å². The topological polar surface area (TPSA) is 77.6 Å². The number of ether oxygens (including phenoxy) is 1. The second kappa shape index (κ2) is 6.95. The van der Waals surface area contributed by atoms with Crippen LogP contribution in [0.3, 0.4) is 0 Å². The van der Waals surface area contributed by atoms with Crippen molar-refractivity contribution in [3.05, 3.63) is 57.6 Å². The van der Waals surface area contributed by atoms with E-state index in [1.54, 1.807) is 29.3 Å². The highest BCUT2D eigenvalue weighted by molar-refractivity contribution is 9.10. The van der Waals surface area contributed by atoms with E-state index in [-0.39, 0.29) is 18.6 Å². The lowest BCUT2D eigenvalue weighted by Gasteiger charge is -2.17. The van der Waals surface area contributed by atoms with Gasteiger partial charge in [0.2, 0.25) is 11.8 Å². The molecular weight excluding hydrogens is 402 g/mol. The summed E-state index contributed by atoms with van der Waals surface area (Å²) in [7, 11) is 0. The van der Waals surface area contributed by atoms with E-state index in [1.807, 2.05) is 18.2 Å². The van der Waals surface area contributed by atoms with Crippen LogP contribution in [0.15, 0.2) is 56.3 Å². The molecule has 8 heteroatoms. The summed E-state index contributed by atoms with van der Waals surface area (Å²) < 4.78 is 13.2. The summed E-state index contributed by atoms with van der Waals surface area (Å²) in [4.78, 5) is 30.5. The molecule has 1 unspecified atom stereocenters. The van der Waals surface area contributed by atoms with Gasteiger partial charge in [-0.05, 0) is 40.2 Å². The van der Waals surface area contributed by atoms with Crippen LogP contribution in [0.25, 0.3) is 11.1 Å². The number of para-hydroxylation sites is 2. The highest BCUT2D eigenvalue weighted by atomic mass is 79.9. The van der Waals surface area contributed by atoms with Gasteiger partial charge in [-0.2, -0.15) is 0 Å². The number of oxazole rings is 1. The van der Waals surface area contributed by atoms with Crippen LogP contribution in [0.2, 0.25) is 0 Å². The zero-order valence-corrected chi connectivity index (χ0v) is 15.4. The molecule has 1 fully saturated rings. The zero-order chi connectivity index (χ0) is 18.1. The molecule has 0 saturated carbocycles. The van der Waals surface area contributed by atoms with Crippen molar-refractivity contribution in [2.45, 2.75) is 19.1 Å². The Morgan fingerprint density at radius 1 is 1.31 bits per heavy atom. The SMILES string of the molecule is O=C(Cn1c(=O)oc2ccccc21)N1CCC(Oc2ncccc2Br)C1. The fourth-order valence-corrected chi connectivity index (χ4v) is 3.41. The monoisotopic (exact) mass is 417 g/mol. The number of fused-ring (bicyclic) bond motifs is 1. The average molecular weight is 418 g/mol. The minimum absolute atomic E-state index is 0.0458. The Balaban J connectivity index is 1.44. The summed E-state index contributed by atoms with van der Waals surface area (Å²) in [5.74, 6) is -0.141. The summed E-state index contributed by atoms with van der Waals surface area (Å²) in [6, 6.07) is 10.7. The number of halogens is 1. The molecule has 3 aromatic rings. The summed E-state index contributed by atoms with van der Waals surface area (Å²) >= 11 is 3.40. The summed E-state index contributed by atoms with van der Waals surface area (Å²) in [5, 5.41) is 0. The molecule has 2 aromatic heterocycles. The number of hydrogen-bond donors (Lipinski definition) is 0. The van der Waals surface area contributed by atoms with Crippen LogP contribution < -0.4 is 10.5 Å². The minimum Gasteiger partial charge on any atom is -0.472 e. The maximum Gasteiger partial charge on any atom is 0.420 e. The molecule has 0 aliphatic carbocycles. The van der Waals surface area contributed by atoms with Gasteiger partial charge < -0.3 is 14.1 Å². The third-order valence-electron chi connectivity index (χ3n) is 4.37. The third kappa shape index (κ3) is 3.24. The van der Waals surface area contributed by atoms with Crippen LogP contribution >= 0.6 is 15.9 Å². The van der Waals surface area contributed by atoms with E-state index in [4.69, 9.17) is 9.15 Å². The molecule has 0 radical (unpaired) electrons. The van der Waals surface area contributed by atoms with Gasteiger partial charge >= 0.3 is 5.76 Å². The third-order valence-corrected chi connectivity index (χ3v) is 4.97. The predicted molar refractivity (Wildman–Crippen MR) is 98.0 cm³/mol. The molecule has 1 aliphatic rings. The Hall–Kier alpha value is -2.61. The second-order valence-electron chi connectivity index (χ2n) is 6.08. The van der Waals surface area contributed by atoms with E-state index in [2.05, 4.69) is 20.9 Å². The van der Waals surface area contributed by atoms with E-state index < -0.39 is 5.76 Å². The maximum absolute atomic E-state index is 12.6. The van der Waals surface area contributed by atoms with Crippen LogP contribution in [0, 0.1) is 0 Å². The van der Waals surface area contributed by atoms with Gasteiger partial charge in [0.25, 0.3) is 0 Å². The molecule has 0 spiro atoms. The average Bonchev–Trinajstić information content (AvgIpc) is 3.22. The number of amides is 1. The van der Waals surface area contributed by atoms with E-state index in [9.17, 15) is 9.59 Å². The Kier molecular flexibility index (Phi) is 4.50. The molecule has 4 rings (SSSR count). The van der Waals surface area contributed by atoms with Crippen LogP contribution in [-0.2, 0) is 11.3 Å². The van der Waals surface area contributed by atoms with Gasteiger partial charge in [0, 0.05) is 19.2 Å². The molecule has 26 heavy (non-hydrogen) atoms. The lowest BCUT2D eigenvalue weighted by molar-refractivity contribution is -0.131. The smallest absolute Gasteiger partial charge is 0.420 e. The first-order valence-corrected chi connectivity index (χ1v) is 9.04. The number of nitrogens with zero attached hydrogens (tertiary/aromatic N) is 3. The van der Waals surface area contributed by atoms with Crippen LogP contribution in [0.1, 0.15) is 6.42 Å². The summed E-state index contributed by atoms with van der Waals surface area (Å²) in [5.41, 5.74) is 1.10. The molecule has 1 amide bonds. The first-order valence-electron chi connectivity index (χ1n) is 8.25. The van der Waals surface area contributed by atoms with Crippen molar-refractivity contribution in [2.24, 2.45) is 0 Å². The Morgan fingerprint density at radius 2 is 2.15 bits per heavy atom. The number of hydrogen-bond acceptors (Lipinski definition) is 5. The molecule has 1 aromatic carbocycles. The van der Waals surface area contributed by atoms with Gasteiger partial charge in [-0.25, -0.2) is 9.78 Å². The molecule has 134 valence electrons. The van der Waals surface area contributed by atoms with Crippen LogP contribution in [-0.4, -0.2) is 39.6 Å². The van der Waals surface area contributed by atoms with Crippen LogP contribution in [0.4, 0.5) is 0 Å². The normalized spacial score (nSPS) is 17.0. The molecule has 0 N–H and O–H groups in total. The van der Waals surface area contributed by atoms with Gasteiger partial charge in [-0.3, -0.25) is 9.36 Å². The Labute approximate surface area is 157 Å². The molecule has 3 heterocycles. The fourth-order valence-electron chi connectivity index (χ4n) is 3.07. The Morgan fingerprint density at radius 3 is 3.00 bits per heavy atom. The molecule has 1 atom stereocenters. The van der Waals surface area contributed by atoms with Gasteiger partial charge in [-0.15, -0.1) is 0 Å². The summed E-state index contributed by atoms with van der Waals surface area (Å²) in [6.45, 7) is 1.00. The van der Waals surface area contributed by atoms with E-state index >= 15 is 0 Å². The maximum atomic E-state index is 12.6. The lowest BCUT2D eigenvalue weighted by Crippen LogP contribution is -2.35. The van der Waals surface area contributed by atoms with Crippen molar-refractivity contribution >= 4 is 32.9 Å². The van der Waals surface area contributed by atoms with Crippen molar-refractivity contribution < 1.29 is 13.9 Å². The Bertz CT molecular complexity index is 1010. The van der Waals surface area contributed by atoms with Crippen molar-refractivity contribution in [3.63, 3.8) is 0 Å². The van der Waals surface area contributed by atoms with Crippen molar-refractivity contribution in [1.29, 1.82) is 0 Å². The number of likely N-dealkylation sites (tertiary alicyclic amines) is 1. The highest BCUT2D eigenvalue weighted by Gasteiger charge is 2.29. The lowest BCUT2D eigenvalue weighted by atomic mass is 10.3. The molecular formula is C18H16BrN3O4. The molecule has 1 aliphatic heterocycles. The van der Waals surface area contributed by atoms with E-state index in [0.717, 1.165) is 10.9 Å². The number of carbonyl (C=O) groups excluding carboxylic acids is 1. The van der Waals surface area contributed by atoms with Gasteiger partial charge in [0.05, 0.1) is 16.5 Å². The van der Waals surface area contributed by atoms with E-state index in [1.165, 1.54) is 4.57 Å². The molecule has 0 bridgehead atoms. The first-order chi connectivity index (χ1) is 12.6. The zero-order valence-electron chi connectivity index (χ0n) is 13.8. The van der Waals surface area contributed by atoms with Crippen molar-refractivity contribution in [3.8, 4) is 5.88 Å². The fraction of sp³-hybridized carbons (Fsp3) is 0.278. The predicted octanol–water partition coefficient (Wildman–Crippen LogP) is 2.43. The van der Waals surface area contributed by atoms with Gasteiger partial charge in [0.15, 0.2) is 5.58 Å². The molecule has 1 saturated heterocycles. The van der Waals surface area contributed by atoms with Gasteiger partial charge in [-0.1, -0.05) is 12.1 Å². The van der Waals surface area contributed by atoms with Crippen LogP contribution in [0.5, 0.6) is 5.88 Å². The number of carbonyl (C=O) groups is 1. The minimum atomic E-state index is -0.524. The number of benzene rings is 1. The number of rotatable bonds is 4. The summed E-state index contributed by atoms with van der Waals surface area (Å²) in [6.07, 6.45) is 2.26.